The van der Waals surface area contributed by atoms with Crippen LogP contribution < -0.4 is 16.0 Å². The number of amides is 1. The van der Waals surface area contributed by atoms with Gasteiger partial charge in [-0.3, -0.25) is 4.79 Å². The van der Waals surface area contributed by atoms with Crippen molar-refractivity contribution in [1.29, 1.82) is 0 Å². The molecule has 0 fully saturated rings. The molecular formula is C26H23ClNO6-. The lowest BCUT2D eigenvalue weighted by atomic mass is 9.97. The highest BCUT2D eigenvalue weighted by Crippen LogP contribution is 2.37. The third-order valence-corrected chi connectivity index (χ3v) is 6.28. The largest absolute Gasteiger partial charge is 0.548 e. The molecule has 34 heavy (non-hydrogen) atoms. The number of furan rings is 1. The maximum atomic E-state index is 12.8. The minimum Gasteiger partial charge on any atom is -0.548 e. The Labute approximate surface area is 200 Å². The van der Waals surface area contributed by atoms with Gasteiger partial charge in [0.25, 0.3) is 0 Å². The van der Waals surface area contributed by atoms with E-state index in [1.165, 1.54) is 0 Å². The van der Waals surface area contributed by atoms with E-state index in [1.54, 1.807) is 32.2 Å². The van der Waals surface area contributed by atoms with E-state index in [1.807, 2.05) is 25.1 Å². The van der Waals surface area contributed by atoms with Crippen LogP contribution in [0.2, 0.25) is 5.02 Å². The molecule has 0 aliphatic rings. The summed E-state index contributed by atoms with van der Waals surface area (Å²) in [5.74, 6) is -1.94. The Morgan fingerprint density at radius 2 is 1.79 bits per heavy atom. The van der Waals surface area contributed by atoms with Crippen LogP contribution in [0.5, 0.6) is 0 Å². The molecule has 0 saturated carbocycles. The Hall–Kier alpha value is -3.58. The summed E-state index contributed by atoms with van der Waals surface area (Å²) in [4.78, 5) is 36.6. The van der Waals surface area contributed by atoms with E-state index in [2.05, 4.69) is 5.32 Å². The Morgan fingerprint density at radius 3 is 2.44 bits per heavy atom. The average molecular weight is 481 g/mol. The topological polar surface area (TPSA) is 113 Å². The van der Waals surface area contributed by atoms with Crippen molar-refractivity contribution in [3.05, 3.63) is 68.7 Å². The van der Waals surface area contributed by atoms with E-state index in [9.17, 15) is 19.5 Å². The number of halogens is 1. The van der Waals surface area contributed by atoms with Gasteiger partial charge in [-0.2, -0.15) is 0 Å². The summed E-state index contributed by atoms with van der Waals surface area (Å²) in [5, 5.41) is 15.8. The fourth-order valence-corrected chi connectivity index (χ4v) is 4.32. The fourth-order valence-electron chi connectivity index (χ4n) is 4.20. The smallest absolute Gasteiger partial charge is 0.340 e. The van der Waals surface area contributed by atoms with Crippen molar-refractivity contribution >= 4 is 45.4 Å². The molecule has 2 aromatic carbocycles. The summed E-state index contributed by atoms with van der Waals surface area (Å²) in [6.45, 7) is 5.36. The number of carboxylic acid groups (broad SMARTS) is 1. The van der Waals surface area contributed by atoms with Crippen molar-refractivity contribution in [3.63, 3.8) is 0 Å². The molecule has 0 radical (unpaired) electrons. The molecule has 4 rings (SSSR count). The van der Waals surface area contributed by atoms with Crippen molar-refractivity contribution < 1.29 is 23.5 Å². The first-order chi connectivity index (χ1) is 16.2. The van der Waals surface area contributed by atoms with Crippen LogP contribution >= 0.6 is 11.6 Å². The summed E-state index contributed by atoms with van der Waals surface area (Å²) in [5.41, 5.74) is 3.55. The molecule has 4 aromatic rings. The summed E-state index contributed by atoms with van der Waals surface area (Å²) < 4.78 is 11.4. The van der Waals surface area contributed by atoms with Gasteiger partial charge in [0, 0.05) is 26.9 Å². The van der Waals surface area contributed by atoms with E-state index < -0.39 is 23.5 Å². The Kier molecular flexibility index (Phi) is 6.48. The minimum absolute atomic E-state index is 0.175. The van der Waals surface area contributed by atoms with E-state index in [0.29, 0.717) is 39.1 Å². The van der Waals surface area contributed by atoms with E-state index in [0.717, 1.165) is 16.5 Å². The van der Waals surface area contributed by atoms with Gasteiger partial charge in [0.15, 0.2) is 0 Å². The van der Waals surface area contributed by atoms with Gasteiger partial charge in [-0.05, 0) is 49.6 Å². The molecule has 176 valence electrons. The van der Waals surface area contributed by atoms with Crippen molar-refractivity contribution in [2.24, 2.45) is 0 Å². The number of carboxylic acids is 1. The molecule has 7 nitrogen and oxygen atoms in total. The molecule has 1 amide bonds. The summed E-state index contributed by atoms with van der Waals surface area (Å²) >= 11 is 6.02. The number of hydrogen-bond donors (Lipinski definition) is 1. The number of carbonyl (C=O) groups is 2. The van der Waals surface area contributed by atoms with Crippen molar-refractivity contribution in [2.45, 2.75) is 46.1 Å². The lowest BCUT2D eigenvalue weighted by molar-refractivity contribution is -0.308. The molecule has 0 bridgehead atoms. The summed E-state index contributed by atoms with van der Waals surface area (Å²) in [6, 6.07) is 8.14. The zero-order valence-electron chi connectivity index (χ0n) is 19.0. The maximum Gasteiger partial charge on any atom is 0.340 e. The molecule has 0 unspecified atom stereocenters. The van der Waals surface area contributed by atoms with Gasteiger partial charge in [-0.25, -0.2) is 4.79 Å². The lowest BCUT2D eigenvalue weighted by Crippen LogP contribution is -2.48. The third kappa shape index (κ3) is 4.31. The highest BCUT2D eigenvalue weighted by Gasteiger charge is 2.21. The van der Waals surface area contributed by atoms with Gasteiger partial charge in [-0.15, -0.1) is 0 Å². The monoisotopic (exact) mass is 480 g/mol. The van der Waals surface area contributed by atoms with Gasteiger partial charge < -0.3 is 24.1 Å². The minimum atomic E-state index is -1.36. The second-order valence-corrected chi connectivity index (χ2v) is 8.75. The second-order valence-electron chi connectivity index (χ2n) is 8.31. The van der Waals surface area contributed by atoms with E-state index in [4.69, 9.17) is 20.4 Å². The number of fused-ring (bicyclic) bond motifs is 2. The van der Waals surface area contributed by atoms with Crippen LogP contribution in [0.25, 0.3) is 33.1 Å². The summed E-state index contributed by atoms with van der Waals surface area (Å²) in [7, 11) is 0. The Morgan fingerprint density at radius 1 is 1.09 bits per heavy atom. The van der Waals surface area contributed by atoms with Crippen LogP contribution in [-0.4, -0.2) is 17.9 Å². The zero-order chi connectivity index (χ0) is 24.6. The number of rotatable bonds is 7. The number of aryl methyl sites for hydroxylation is 2. The first-order valence-corrected chi connectivity index (χ1v) is 11.3. The number of aliphatic carboxylic acids is 1. The maximum absolute atomic E-state index is 12.8. The van der Waals surface area contributed by atoms with E-state index >= 15 is 0 Å². The van der Waals surface area contributed by atoms with Gasteiger partial charge in [0.2, 0.25) is 5.91 Å². The predicted molar refractivity (Wildman–Crippen MR) is 128 cm³/mol. The molecule has 0 aliphatic carbocycles. The van der Waals surface area contributed by atoms with Gasteiger partial charge in [0.05, 0.1) is 30.3 Å². The van der Waals surface area contributed by atoms with E-state index in [-0.39, 0.29) is 18.4 Å². The van der Waals surface area contributed by atoms with Gasteiger partial charge in [-0.1, -0.05) is 37.1 Å². The molecule has 0 saturated heterocycles. The second kappa shape index (κ2) is 9.35. The molecule has 8 heteroatoms. The van der Waals surface area contributed by atoms with Crippen LogP contribution in [0.15, 0.2) is 50.2 Å². The van der Waals surface area contributed by atoms with Crippen molar-refractivity contribution in [3.8, 4) is 11.1 Å². The van der Waals surface area contributed by atoms with Crippen LogP contribution in [0, 0.1) is 13.8 Å². The number of carbonyl (C=O) groups excluding carboxylic acids is 2. The molecule has 0 spiro atoms. The van der Waals surface area contributed by atoms with Crippen LogP contribution in [0.1, 0.15) is 36.5 Å². The molecule has 0 aliphatic heterocycles. The normalized spacial score (nSPS) is 12.2. The first-order valence-electron chi connectivity index (χ1n) is 10.9. The number of nitrogens with one attached hydrogen (secondary N) is 1. The molecule has 1 atom stereocenters. The average Bonchev–Trinajstić information content (AvgIpc) is 3.22. The van der Waals surface area contributed by atoms with Crippen LogP contribution in [0.4, 0.5) is 0 Å². The molecule has 1 N–H and O–H groups in total. The highest BCUT2D eigenvalue weighted by atomic mass is 35.5. The molecular weight excluding hydrogens is 458 g/mol. The molecule has 2 aromatic heterocycles. The third-order valence-electron chi connectivity index (χ3n) is 6.03. The SMILES string of the molecule is CCC[C@H](NC(=O)Cc1c(C)c2cc3c(-c4ccc(Cl)cc4)coc3c(C)c2oc1=O)C(=O)[O-]. The zero-order valence-corrected chi connectivity index (χ0v) is 19.7. The Bertz CT molecular complexity index is 1470. The van der Waals surface area contributed by atoms with Gasteiger partial charge in [0.1, 0.15) is 11.2 Å². The predicted octanol–water partition coefficient (Wildman–Crippen LogP) is 4.05. The number of benzene rings is 2. The fraction of sp³-hybridized carbons (Fsp3) is 0.269. The first kappa shape index (κ1) is 23.6. The highest BCUT2D eigenvalue weighted by molar-refractivity contribution is 6.30. The summed E-state index contributed by atoms with van der Waals surface area (Å²) in [6.07, 6.45) is 2.15. The molecule has 2 heterocycles. The number of hydrogen-bond acceptors (Lipinski definition) is 6. The van der Waals surface area contributed by atoms with Crippen LogP contribution in [0.3, 0.4) is 0 Å². The standard InChI is InChI=1S/C26H24ClNO6/c1-4-5-21(25(30)31)28-22(29)11-18-13(2)17-10-19-20(15-6-8-16(27)9-7-15)12-33-23(19)14(3)24(17)34-26(18)32/h6-10,12,21H,4-5,11H2,1-3H3,(H,28,29)(H,30,31)/p-1/t21-/m0/s1. The van der Waals surface area contributed by atoms with Gasteiger partial charge >= 0.3 is 5.63 Å². The van der Waals surface area contributed by atoms with Crippen LogP contribution in [-0.2, 0) is 16.0 Å². The Balaban J connectivity index is 1.79. The quantitative estimate of drug-likeness (QED) is 0.399. The van der Waals surface area contributed by atoms with Crippen molar-refractivity contribution in [1.82, 2.24) is 5.32 Å². The van der Waals surface area contributed by atoms with Crippen molar-refractivity contribution in [2.75, 3.05) is 0 Å². The lowest BCUT2D eigenvalue weighted by Gasteiger charge is -2.19.